The monoisotopic (exact) mass is 376 g/mol. The van der Waals surface area contributed by atoms with Crippen LogP contribution < -0.4 is 10.0 Å². The number of hydrogen-bond donors (Lipinski definition) is 2. The van der Waals surface area contributed by atoms with E-state index in [1.54, 1.807) is 6.07 Å². The molecule has 21 heavy (non-hydrogen) atoms. The summed E-state index contributed by atoms with van der Waals surface area (Å²) >= 11 is 3.44. The minimum absolute atomic E-state index is 0.0548. The van der Waals surface area contributed by atoms with E-state index >= 15 is 0 Å². The number of benzene rings is 1. The first-order valence-corrected chi connectivity index (χ1v) is 9.34. The Morgan fingerprint density at radius 1 is 1.29 bits per heavy atom. The van der Waals surface area contributed by atoms with Gasteiger partial charge in [0.25, 0.3) is 0 Å². The van der Waals surface area contributed by atoms with Crippen molar-refractivity contribution < 1.29 is 8.42 Å². The fourth-order valence-corrected chi connectivity index (χ4v) is 3.98. The van der Waals surface area contributed by atoms with E-state index < -0.39 is 10.0 Å². The van der Waals surface area contributed by atoms with Gasteiger partial charge in [-0.25, -0.2) is 13.1 Å². The molecule has 0 spiro atoms. The largest absolute Gasteiger partial charge is 0.316 e. The summed E-state index contributed by atoms with van der Waals surface area (Å²) in [5.41, 5.74) is 1.61. The van der Waals surface area contributed by atoms with Gasteiger partial charge in [0.05, 0.1) is 4.90 Å². The highest BCUT2D eigenvalue weighted by Crippen LogP contribution is 2.26. The average Bonchev–Trinajstić information content (AvgIpc) is 2.41. The molecule has 0 aliphatic rings. The third-order valence-corrected chi connectivity index (χ3v) is 6.08. The van der Waals surface area contributed by atoms with Crippen LogP contribution in [0.15, 0.2) is 21.5 Å². The summed E-state index contributed by atoms with van der Waals surface area (Å²) in [7, 11) is -1.67. The molecule has 6 heteroatoms. The molecule has 0 bridgehead atoms. The molecule has 0 unspecified atom stereocenters. The summed E-state index contributed by atoms with van der Waals surface area (Å²) in [5.74, 6) is 0. The standard InChI is InChI=1S/C15H25BrN2O2S/c1-6-15(3,4)10-18-21(19,20)14-8-12(9-17-5)7-13(16)11(14)2/h7-8,17-18H,6,9-10H2,1-5H3. The molecule has 0 heterocycles. The Bertz CT molecular complexity index is 598. The molecule has 1 aromatic carbocycles. The summed E-state index contributed by atoms with van der Waals surface area (Å²) in [6.07, 6.45) is 0.915. The van der Waals surface area contributed by atoms with Crippen molar-refractivity contribution >= 4 is 26.0 Å². The molecule has 2 N–H and O–H groups in total. The predicted molar refractivity (Wildman–Crippen MR) is 90.9 cm³/mol. The normalized spacial score (nSPS) is 12.7. The van der Waals surface area contributed by atoms with Crippen LogP contribution in [0.1, 0.15) is 38.3 Å². The first-order valence-electron chi connectivity index (χ1n) is 7.06. The smallest absolute Gasteiger partial charge is 0.240 e. The minimum Gasteiger partial charge on any atom is -0.316 e. The quantitative estimate of drug-likeness (QED) is 0.767. The Labute approximate surface area is 136 Å². The lowest BCUT2D eigenvalue weighted by molar-refractivity contribution is 0.350. The van der Waals surface area contributed by atoms with Gasteiger partial charge in [-0.3, -0.25) is 0 Å². The second kappa shape index (κ2) is 7.22. The second-order valence-electron chi connectivity index (χ2n) is 6.07. The zero-order valence-electron chi connectivity index (χ0n) is 13.4. The van der Waals surface area contributed by atoms with Crippen molar-refractivity contribution in [2.24, 2.45) is 5.41 Å². The molecule has 4 nitrogen and oxygen atoms in total. The van der Waals surface area contributed by atoms with E-state index in [4.69, 9.17) is 0 Å². The van der Waals surface area contributed by atoms with Crippen molar-refractivity contribution in [3.8, 4) is 0 Å². The van der Waals surface area contributed by atoms with Gasteiger partial charge in [0.15, 0.2) is 0 Å². The van der Waals surface area contributed by atoms with Crippen LogP contribution in [-0.2, 0) is 16.6 Å². The van der Waals surface area contributed by atoms with E-state index in [2.05, 4.69) is 46.7 Å². The fraction of sp³-hybridized carbons (Fsp3) is 0.600. The number of hydrogen-bond acceptors (Lipinski definition) is 3. The van der Waals surface area contributed by atoms with E-state index in [1.165, 1.54) is 0 Å². The van der Waals surface area contributed by atoms with E-state index in [-0.39, 0.29) is 5.41 Å². The molecule has 0 atom stereocenters. The van der Waals surface area contributed by atoms with Gasteiger partial charge in [-0.1, -0.05) is 36.7 Å². The summed E-state index contributed by atoms with van der Waals surface area (Å²) in [6, 6.07) is 3.68. The number of rotatable bonds is 7. The van der Waals surface area contributed by atoms with Gasteiger partial charge in [0, 0.05) is 17.6 Å². The third kappa shape index (κ3) is 5.06. The Kier molecular flexibility index (Phi) is 6.40. The summed E-state index contributed by atoms with van der Waals surface area (Å²) in [5, 5.41) is 3.04. The molecular formula is C15H25BrN2O2S. The molecule has 0 fully saturated rings. The van der Waals surface area contributed by atoms with E-state index in [0.29, 0.717) is 18.0 Å². The average molecular weight is 377 g/mol. The Balaban J connectivity index is 3.13. The summed E-state index contributed by atoms with van der Waals surface area (Å²) < 4.78 is 28.7. The Morgan fingerprint density at radius 2 is 1.90 bits per heavy atom. The number of nitrogens with one attached hydrogen (secondary N) is 2. The summed E-state index contributed by atoms with van der Waals surface area (Å²) in [6.45, 7) is 9.03. The van der Waals surface area contributed by atoms with Gasteiger partial charge in [-0.2, -0.15) is 0 Å². The van der Waals surface area contributed by atoms with Gasteiger partial charge < -0.3 is 5.32 Å². The van der Waals surface area contributed by atoms with E-state index in [1.807, 2.05) is 20.0 Å². The van der Waals surface area contributed by atoms with Crippen LogP contribution in [0.5, 0.6) is 0 Å². The number of sulfonamides is 1. The van der Waals surface area contributed by atoms with Crippen LogP contribution in [-0.4, -0.2) is 22.0 Å². The maximum Gasteiger partial charge on any atom is 0.240 e. The molecule has 120 valence electrons. The molecule has 0 aliphatic heterocycles. The van der Waals surface area contributed by atoms with Crippen LogP contribution in [0.2, 0.25) is 0 Å². The van der Waals surface area contributed by atoms with Gasteiger partial charge in [0.2, 0.25) is 10.0 Å². The maximum atomic E-state index is 12.6. The molecule has 1 rings (SSSR count). The van der Waals surface area contributed by atoms with Gasteiger partial charge in [0.1, 0.15) is 0 Å². The van der Waals surface area contributed by atoms with Crippen molar-refractivity contribution in [2.75, 3.05) is 13.6 Å². The van der Waals surface area contributed by atoms with Crippen molar-refractivity contribution in [2.45, 2.75) is 45.6 Å². The van der Waals surface area contributed by atoms with Crippen molar-refractivity contribution in [1.29, 1.82) is 0 Å². The van der Waals surface area contributed by atoms with Crippen molar-refractivity contribution in [3.63, 3.8) is 0 Å². The first-order chi connectivity index (χ1) is 9.63. The topological polar surface area (TPSA) is 58.2 Å². The zero-order valence-corrected chi connectivity index (χ0v) is 15.8. The lowest BCUT2D eigenvalue weighted by atomic mass is 9.91. The van der Waals surface area contributed by atoms with Crippen molar-refractivity contribution in [1.82, 2.24) is 10.0 Å². The molecule has 0 saturated carbocycles. The highest BCUT2D eigenvalue weighted by molar-refractivity contribution is 9.10. The van der Waals surface area contributed by atoms with Gasteiger partial charge in [-0.15, -0.1) is 0 Å². The van der Waals surface area contributed by atoms with Crippen LogP contribution in [0.4, 0.5) is 0 Å². The van der Waals surface area contributed by atoms with Crippen LogP contribution in [0.25, 0.3) is 0 Å². The zero-order chi connectivity index (χ0) is 16.3. The van der Waals surface area contributed by atoms with Crippen LogP contribution in [0.3, 0.4) is 0 Å². The summed E-state index contributed by atoms with van der Waals surface area (Å²) in [4.78, 5) is 0.342. The highest BCUT2D eigenvalue weighted by atomic mass is 79.9. The van der Waals surface area contributed by atoms with Gasteiger partial charge in [-0.05, 0) is 49.1 Å². The first kappa shape index (κ1) is 18.6. The molecule has 1 aromatic rings. The lowest BCUT2D eigenvalue weighted by Gasteiger charge is -2.23. The van der Waals surface area contributed by atoms with Crippen molar-refractivity contribution in [3.05, 3.63) is 27.7 Å². The minimum atomic E-state index is -3.51. The molecular weight excluding hydrogens is 352 g/mol. The SMILES string of the molecule is CCC(C)(C)CNS(=O)(=O)c1cc(CNC)cc(Br)c1C. The predicted octanol–water partition coefficient (Wildman–Crippen LogP) is 3.19. The Morgan fingerprint density at radius 3 is 2.43 bits per heavy atom. The van der Waals surface area contributed by atoms with E-state index in [0.717, 1.165) is 22.0 Å². The molecule has 0 aromatic heterocycles. The highest BCUT2D eigenvalue weighted by Gasteiger charge is 2.23. The van der Waals surface area contributed by atoms with Crippen LogP contribution in [0, 0.1) is 12.3 Å². The lowest BCUT2D eigenvalue weighted by Crippen LogP contribution is -2.34. The molecule has 0 amide bonds. The molecule has 0 saturated heterocycles. The number of halogens is 1. The van der Waals surface area contributed by atoms with Gasteiger partial charge >= 0.3 is 0 Å². The maximum absolute atomic E-state index is 12.6. The van der Waals surface area contributed by atoms with E-state index in [9.17, 15) is 8.42 Å². The molecule has 0 aliphatic carbocycles. The van der Waals surface area contributed by atoms with Crippen LogP contribution >= 0.6 is 15.9 Å². The Hall–Kier alpha value is -0.430. The molecule has 0 radical (unpaired) electrons. The fourth-order valence-electron chi connectivity index (χ4n) is 1.79. The third-order valence-electron chi connectivity index (χ3n) is 3.72. The second-order valence-corrected chi connectivity index (χ2v) is 8.66.